The maximum atomic E-state index is 3.57. The molecule has 0 N–H and O–H groups in total. The van der Waals surface area contributed by atoms with Crippen LogP contribution in [0, 0.1) is 6.07 Å². The van der Waals surface area contributed by atoms with Gasteiger partial charge < -0.3 is 0 Å². The molecule has 0 saturated heterocycles. The summed E-state index contributed by atoms with van der Waals surface area (Å²) in [5, 5.41) is 2.51. The molecule has 0 aliphatic heterocycles. The Morgan fingerprint density at radius 2 is 1.69 bits per heavy atom. The second-order valence-corrected chi connectivity index (χ2v) is 4.73. The Labute approximate surface area is 98.3 Å². The highest BCUT2D eigenvalue weighted by molar-refractivity contribution is 5.82. The quantitative estimate of drug-likeness (QED) is 0.689. The van der Waals surface area contributed by atoms with Crippen LogP contribution in [0.25, 0.3) is 10.8 Å². The van der Waals surface area contributed by atoms with Crippen LogP contribution in [0.3, 0.4) is 0 Å². The average molecular weight is 211 g/mol. The Hall–Kier alpha value is -1.30. The monoisotopic (exact) mass is 211 g/mol. The molecule has 16 heavy (non-hydrogen) atoms. The summed E-state index contributed by atoms with van der Waals surface area (Å²) in [6, 6.07) is 16.5. The van der Waals surface area contributed by atoms with Crippen LogP contribution < -0.4 is 0 Å². The van der Waals surface area contributed by atoms with Crippen molar-refractivity contribution in [2.75, 3.05) is 0 Å². The molecule has 0 aliphatic carbocycles. The van der Waals surface area contributed by atoms with E-state index >= 15 is 0 Å². The standard InChI is InChI=1S/C16H19/c1-4-16(3,5-2)15-11-10-13-8-6-7-9-14(13)12-15/h6-11H,4-5H2,1-3H3. The summed E-state index contributed by atoms with van der Waals surface area (Å²) in [4.78, 5) is 0. The molecular formula is C16H19. The van der Waals surface area contributed by atoms with Gasteiger partial charge in [0.25, 0.3) is 0 Å². The van der Waals surface area contributed by atoms with Gasteiger partial charge in [-0.25, -0.2) is 0 Å². The van der Waals surface area contributed by atoms with Crippen molar-refractivity contribution < 1.29 is 0 Å². The van der Waals surface area contributed by atoms with Crippen LogP contribution in [0.1, 0.15) is 39.2 Å². The topological polar surface area (TPSA) is 0 Å². The fourth-order valence-electron chi connectivity index (χ4n) is 2.10. The highest BCUT2D eigenvalue weighted by Gasteiger charge is 2.22. The molecule has 0 amide bonds. The van der Waals surface area contributed by atoms with E-state index in [1.165, 1.54) is 29.2 Å². The third kappa shape index (κ3) is 1.84. The minimum atomic E-state index is 0.268. The molecule has 0 aromatic heterocycles. The first-order chi connectivity index (χ1) is 7.69. The highest BCUT2D eigenvalue weighted by Crippen LogP contribution is 2.32. The number of hydrogen-bond donors (Lipinski definition) is 0. The Balaban J connectivity index is 2.54. The van der Waals surface area contributed by atoms with Gasteiger partial charge in [0.1, 0.15) is 0 Å². The van der Waals surface area contributed by atoms with Crippen LogP contribution in [-0.2, 0) is 5.41 Å². The normalized spacial score (nSPS) is 11.9. The van der Waals surface area contributed by atoms with Crippen molar-refractivity contribution in [1.82, 2.24) is 0 Å². The molecule has 0 fully saturated rings. The smallest absolute Gasteiger partial charge is 0.00585 e. The van der Waals surface area contributed by atoms with Crippen LogP contribution >= 0.6 is 0 Å². The predicted molar refractivity (Wildman–Crippen MR) is 70.7 cm³/mol. The van der Waals surface area contributed by atoms with Crippen LogP contribution in [0.5, 0.6) is 0 Å². The van der Waals surface area contributed by atoms with Crippen molar-refractivity contribution >= 4 is 10.8 Å². The van der Waals surface area contributed by atoms with Gasteiger partial charge >= 0.3 is 0 Å². The summed E-state index contributed by atoms with van der Waals surface area (Å²) < 4.78 is 0. The zero-order valence-electron chi connectivity index (χ0n) is 10.4. The predicted octanol–water partition coefficient (Wildman–Crippen LogP) is 4.72. The number of rotatable bonds is 3. The third-order valence-corrected chi connectivity index (χ3v) is 3.87. The van der Waals surface area contributed by atoms with Gasteiger partial charge in [0.2, 0.25) is 0 Å². The van der Waals surface area contributed by atoms with E-state index < -0.39 is 0 Å². The first-order valence-electron chi connectivity index (χ1n) is 6.11. The molecule has 0 aliphatic rings. The molecule has 2 rings (SSSR count). The van der Waals surface area contributed by atoms with Crippen molar-refractivity contribution in [2.45, 2.75) is 39.0 Å². The first-order valence-corrected chi connectivity index (χ1v) is 6.11. The lowest BCUT2D eigenvalue weighted by Gasteiger charge is -2.27. The molecule has 0 unspecified atom stereocenters. The molecule has 0 bridgehead atoms. The lowest BCUT2D eigenvalue weighted by molar-refractivity contribution is 0.439. The summed E-state index contributed by atoms with van der Waals surface area (Å²) in [6.07, 6.45) is 2.33. The van der Waals surface area contributed by atoms with Crippen LogP contribution in [0.4, 0.5) is 0 Å². The summed E-state index contributed by atoms with van der Waals surface area (Å²) in [5.41, 5.74) is 1.61. The first kappa shape index (κ1) is 11.2. The van der Waals surface area contributed by atoms with E-state index in [1.54, 1.807) is 0 Å². The van der Waals surface area contributed by atoms with Gasteiger partial charge in [0, 0.05) is 0 Å². The van der Waals surface area contributed by atoms with E-state index in [0.717, 1.165) is 0 Å². The van der Waals surface area contributed by atoms with Crippen molar-refractivity contribution in [3.05, 3.63) is 48.0 Å². The number of hydrogen-bond acceptors (Lipinski definition) is 0. The van der Waals surface area contributed by atoms with E-state index in [4.69, 9.17) is 0 Å². The second-order valence-electron chi connectivity index (χ2n) is 4.73. The molecule has 2 aromatic rings. The van der Waals surface area contributed by atoms with Crippen molar-refractivity contribution in [2.24, 2.45) is 0 Å². The Morgan fingerprint density at radius 1 is 1.00 bits per heavy atom. The van der Waals surface area contributed by atoms with Gasteiger partial charge in [-0.1, -0.05) is 57.2 Å². The summed E-state index contributed by atoms with van der Waals surface area (Å²) in [7, 11) is 0. The van der Waals surface area contributed by atoms with E-state index in [0.29, 0.717) is 0 Å². The van der Waals surface area contributed by atoms with Crippen molar-refractivity contribution in [3.63, 3.8) is 0 Å². The van der Waals surface area contributed by atoms with E-state index in [-0.39, 0.29) is 5.41 Å². The third-order valence-electron chi connectivity index (χ3n) is 3.87. The molecule has 83 valence electrons. The maximum Gasteiger partial charge on any atom is -0.00585 e. The molecular weight excluding hydrogens is 192 g/mol. The zero-order valence-corrected chi connectivity index (χ0v) is 10.4. The fourth-order valence-corrected chi connectivity index (χ4v) is 2.10. The Bertz CT molecular complexity index is 478. The molecule has 0 heteroatoms. The lowest BCUT2D eigenvalue weighted by atomic mass is 9.77. The molecule has 0 saturated carbocycles. The van der Waals surface area contributed by atoms with Gasteiger partial charge in [-0.3, -0.25) is 0 Å². The molecule has 2 aromatic carbocycles. The summed E-state index contributed by atoms with van der Waals surface area (Å²) in [6.45, 7) is 6.84. The largest absolute Gasteiger partial charge is 0.0645 e. The second kappa shape index (κ2) is 4.29. The van der Waals surface area contributed by atoms with Gasteiger partial charge in [-0.15, -0.1) is 0 Å². The molecule has 0 nitrogen and oxygen atoms in total. The molecule has 0 spiro atoms. The van der Waals surface area contributed by atoms with Gasteiger partial charge in [0.15, 0.2) is 0 Å². The van der Waals surface area contributed by atoms with Crippen molar-refractivity contribution in [3.8, 4) is 0 Å². The fraction of sp³-hybridized carbons (Fsp3) is 0.375. The van der Waals surface area contributed by atoms with Gasteiger partial charge in [-0.2, -0.15) is 0 Å². The number of fused-ring (bicyclic) bond motifs is 1. The van der Waals surface area contributed by atoms with Crippen molar-refractivity contribution in [1.29, 1.82) is 0 Å². The maximum absolute atomic E-state index is 3.57. The minimum absolute atomic E-state index is 0.268. The molecule has 0 heterocycles. The average Bonchev–Trinajstić information content (AvgIpc) is 2.37. The molecule has 1 radical (unpaired) electrons. The van der Waals surface area contributed by atoms with Gasteiger partial charge in [-0.05, 0) is 40.7 Å². The highest BCUT2D eigenvalue weighted by atomic mass is 14.3. The SMILES string of the molecule is CCC(C)(CC)c1[c]c2ccccc2cc1. The lowest BCUT2D eigenvalue weighted by Crippen LogP contribution is -2.19. The van der Waals surface area contributed by atoms with E-state index in [1.807, 2.05) is 0 Å². The van der Waals surface area contributed by atoms with Crippen LogP contribution in [0.2, 0.25) is 0 Å². The number of benzene rings is 2. The minimum Gasteiger partial charge on any atom is -0.0645 e. The van der Waals surface area contributed by atoms with Crippen LogP contribution in [-0.4, -0.2) is 0 Å². The summed E-state index contributed by atoms with van der Waals surface area (Å²) >= 11 is 0. The van der Waals surface area contributed by atoms with Crippen LogP contribution in [0.15, 0.2) is 36.4 Å². The Kier molecular flexibility index (Phi) is 3.00. The summed E-state index contributed by atoms with van der Waals surface area (Å²) in [5.74, 6) is 0. The van der Waals surface area contributed by atoms with E-state index in [9.17, 15) is 0 Å². The van der Waals surface area contributed by atoms with Gasteiger partial charge in [0.05, 0.1) is 0 Å². The Morgan fingerprint density at radius 3 is 2.38 bits per heavy atom. The molecule has 0 atom stereocenters. The zero-order chi connectivity index (χ0) is 11.6. The van der Waals surface area contributed by atoms with E-state index in [2.05, 4.69) is 63.2 Å².